The van der Waals surface area contributed by atoms with Gasteiger partial charge >= 0.3 is 5.97 Å². The molecule has 0 bridgehead atoms. The molecule has 0 heterocycles. The molecule has 0 aliphatic carbocycles. The molecule has 7 nitrogen and oxygen atoms in total. The lowest BCUT2D eigenvalue weighted by molar-refractivity contribution is -0.114. The fourth-order valence-corrected chi connectivity index (χ4v) is 2.37. The fourth-order valence-electron chi connectivity index (χ4n) is 2.37. The number of hydrogen-bond acceptors (Lipinski definition) is 5. The predicted octanol–water partition coefficient (Wildman–Crippen LogP) is 2.19. The number of amides is 2. The maximum Gasteiger partial charge on any atom is 0.337 e. The Hall–Kier alpha value is -3.35. The van der Waals surface area contributed by atoms with Crippen LogP contribution in [0.2, 0.25) is 0 Å². The number of aryl methyl sites for hydroxylation is 1. The van der Waals surface area contributed by atoms with Gasteiger partial charge in [-0.05, 0) is 48.9 Å². The Bertz CT molecular complexity index is 833. The van der Waals surface area contributed by atoms with E-state index in [-0.39, 0.29) is 18.4 Å². The quantitative estimate of drug-likeness (QED) is 0.690. The lowest BCUT2D eigenvalue weighted by atomic mass is 10.1. The Morgan fingerprint density at radius 2 is 1.81 bits per heavy atom. The molecule has 2 aromatic rings. The third-order valence-electron chi connectivity index (χ3n) is 3.72. The van der Waals surface area contributed by atoms with Crippen LogP contribution in [0.25, 0.3) is 0 Å². The number of esters is 1. The summed E-state index contributed by atoms with van der Waals surface area (Å²) in [5.74, 6) is -0.885. The van der Waals surface area contributed by atoms with Gasteiger partial charge in [0.2, 0.25) is 5.91 Å². The van der Waals surface area contributed by atoms with Gasteiger partial charge in [0.15, 0.2) is 0 Å². The van der Waals surface area contributed by atoms with E-state index in [1.54, 1.807) is 49.5 Å². The summed E-state index contributed by atoms with van der Waals surface area (Å²) in [6.07, 6.45) is 0. The number of benzene rings is 2. The minimum Gasteiger partial charge on any atom is -0.465 e. The topological polar surface area (TPSA) is 96.5 Å². The van der Waals surface area contributed by atoms with Crippen molar-refractivity contribution in [1.82, 2.24) is 5.32 Å². The summed E-state index contributed by atoms with van der Waals surface area (Å²) in [7, 11) is 2.87. The highest BCUT2D eigenvalue weighted by atomic mass is 16.5. The van der Waals surface area contributed by atoms with E-state index in [9.17, 15) is 14.4 Å². The Balaban J connectivity index is 1.97. The SMILES string of the molecule is CNC(=O)c1cccc(NC(=O)CNc2ccc(C(=O)OC)cc2C)c1. The van der Waals surface area contributed by atoms with Crippen LogP contribution < -0.4 is 16.0 Å². The maximum atomic E-state index is 12.1. The second-order valence-corrected chi connectivity index (χ2v) is 5.58. The van der Waals surface area contributed by atoms with Crippen LogP contribution in [0, 0.1) is 6.92 Å². The normalized spacial score (nSPS) is 9.96. The summed E-state index contributed by atoms with van der Waals surface area (Å²) in [5.41, 5.74) is 3.02. The van der Waals surface area contributed by atoms with Gasteiger partial charge < -0.3 is 20.7 Å². The van der Waals surface area contributed by atoms with E-state index < -0.39 is 5.97 Å². The highest BCUT2D eigenvalue weighted by molar-refractivity contribution is 5.98. The van der Waals surface area contributed by atoms with Gasteiger partial charge in [-0.25, -0.2) is 4.79 Å². The molecule has 0 saturated heterocycles. The van der Waals surface area contributed by atoms with Crippen molar-refractivity contribution < 1.29 is 19.1 Å². The van der Waals surface area contributed by atoms with E-state index in [1.807, 2.05) is 6.92 Å². The molecule has 0 unspecified atom stereocenters. The number of methoxy groups -OCH3 is 1. The first-order valence-electron chi connectivity index (χ1n) is 7.99. The van der Waals surface area contributed by atoms with Crippen LogP contribution >= 0.6 is 0 Å². The molecule has 0 aromatic heterocycles. The van der Waals surface area contributed by atoms with E-state index in [0.29, 0.717) is 16.8 Å². The summed E-state index contributed by atoms with van der Waals surface area (Å²) < 4.78 is 4.68. The molecule has 2 rings (SSSR count). The van der Waals surface area contributed by atoms with Crippen molar-refractivity contribution in [2.45, 2.75) is 6.92 Å². The first-order chi connectivity index (χ1) is 12.4. The first kappa shape index (κ1) is 19.0. The van der Waals surface area contributed by atoms with E-state index in [2.05, 4.69) is 20.7 Å². The van der Waals surface area contributed by atoms with Gasteiger partial charge in [0, 0.05) is 24.0 Å². The molecular formula is C19H21N3O4. The summed E-state index contributed by atoms with van der Waals surface area (Å²) in [6.45, 7) is 1.88. The van der Waals surface area contributed by atoms with Crippen LogP contribution in [0.15, 0.2) is 42.5 Å². The zero-order valence-electron chi connectivity index (χ0n) is 14.9. The molecule has 2 aromatic carbocycles. The lowest BCUT2D eigenvalue weighted by Gasteiger charge is -2.11. The molecule has 3 N–H and O–H groups in total. The number of ether oxygens (including phenoxy) is 1. The van der Waals surface area contributed by atoms with Crippen molar-refractivity contribution in [1.29, 1.82) is 0 Å². The van der Waals surface area contributed by atoms with Crippen molar-refractivity contribution in [3.05, 3.63) is 59.2 Å². The van der Waals surface area contributed by atoms with Crippen LogP contribution in [0.1, 0.15) is 26.3 Å². The van der Waals surface area contributed by atoms with Crippen LogP contribution in [-0.4, -0.2) is 38.5 Å². The third-order valence-corrected chi connectivity index (χ3v) is 3.72. The van der Waals surface area contributed by atoms with E-state index >= 15 is 0 Å². The molecule has 0 fully saturated rings. The minimum atomic E-state index is -0.409. The van der Waals surface area contributed by atoms with Crippen molar-refractivity contribution in [3.8, 4) is 0 Å². The summed E-state index contributed by atoms with van der Waals surface area (Å²) in [4.78, 5) is 35.3. The number of nitrogens with one attached hydrogen (secondary N) is 3. The molecule has 2 amide bonds. The van der Waals surface area contributed by atoms with E-state index in [0.717, 1.165) is 11.3 Å². The molecule has 0 atom stereocenters. The Morgan fingerprint density at radius 3 is 2.46 bits per heavy atom. The van der Waals surface area contributed by atoms with Gasteiger partial charge in [-0.2, -0.15) is 0 Å². The third kappa shape index (κ3) is 4.83. The predicted molar refractivity (Wildman–Crippen MR) is 99.5 cm³/mol. The van der Waals surface area contributed by atoms with Crippen molar-refractivity contribution in [2.24, 2.45) is 0 Å². The number of rotatable bonds is 6. The summed E-state index contributed by atoms with van der Waals surface area (Å²) >= 11 is 0. The average Bonchev–Trinajstić information content (AvgIpc) is 2.65. The smallest absolute Gasteiger partial charge is 0.337 e. The van der Waals surface area contributed by atoms with Gasteiger partial charge in [0.05, 0.1) is 19.2 Å². The molecule has 0 aliphatic rings. The molecule has 0 radical (unpaired) electrons. The highest BCUT2D eigenvalue weighted by Crippen LogP contribution is 2.17. The first-order valence-corrected chi connectivity index (χ1v) is 7.99. The molecule has 0 spiro atoms. The van der Waals surface area contributed by atoms with Gasteiger partial charge in [0.25, 0.3) is 5.91 Å². The molecular weight excluding hydrogens is 334 g/mol. The largest absolute Gasteiger partial charge is 0.465 e. The zero-order chi connectivity index (χ0) is 19.1. The number of hydrogen-bond donors (Lipinski definition) is 3. The lowest BCUT2D eigenvalue weighted by Crippen LogP contribution is -2.23. The van der Waals surface area contributed by atoms with Crippen molar-refractivity contribution >= 4 is 29.2 Å². The molecule has 0 aliphatic heterocycles. The van der Waals surface area contributed by atoms with Crippen LogP contribution in [0.4, 0.5) is 11.4 Å². The number of anilines is 2. The Labute approximate surface area is 151 Å². The summed E-state index contributed by atoms with van der Waals surface area (Å²) in [6, 6.07) is 11.7. The van der Waals surface area contributed by atoms with Gasteiger partial charge in [-0.3, -0.25) is 9.59 Å². The highest BCUT2D eigenvalue weighted by Gasteiger charge is 2.09. The van der Waals surface area contributed by atoms with Gasteiger partial charge in [0.1, 0.15) is 0 Å². The Kier molecular flexibility index (Phi) is 6.32. The standard InChI is InChI=1S/C19H21N3O4/c1-12-9-14(19(25)26-3)7-8-16(12)21-11-17(23)22-15-6-4-5-13(10-15)18(24)20-2/h4-10,21H,11H2,1-3H3,(H,20,24)(H,22,23). The number of carbonyl (C=O) groups excluding carboxylic acids is 3. The number of carbonyl (C=O) groups is 3. The summed E-state index contributed by atoms with van der Waals surface area (Å²) in [5, 5.41) is 8.29. The van der Waals surface area contributed by atoms with E-state index in [4.69, 9.17) is 0 Å². The molecule has 7 heteroatoms. The van der Waals surface area contributed by atoms with Crippen molar-refractivity contribution in [3.63, 3.8) is 0 Å². The molecule has 26 heavy (non-hydrogen) atoms. The fraction of sp³-hybridized carbons (Fsp3) is 0.211. The van der Waals surface area contributed by atoms with Gasteiger partial charge in [-0.15, -0.1) is 0 Å². The molecule has 0 saturated carbocycles. The monoisotopic (exact) mass is 355 g/mol. The van der Waals surface area contributed by atoms with Gasteiger partial charge in [-0.1, -0.05) is 6.07 Å². The minimum absolute atomic E-state index is 0.0443. The maximum absolute atomic E-state index is 12.1. The van der Waals surface area contributed by atoms with Crippen LogP contribution in [0.3, 0.4) is 0 Å². The second-order valence-electron chi connectivity index (χ2n) is 5.58. The van der Waals surface area contributed by atoms with Crippen LogP contribution in [0.5, 0.6) is 0 Å². The van der Waals surface area contributed by atoms with Crippen molar-refractivity contribution in [2.75, 3.05) is 31.3 Å². The zero-order valence-corrected chi connectivity index (χ0v) is 14.9. The Morgan fingerprint density at radius 1 is 1.04 bits per heavy atom. The average molecular weight is 355 g/mol. The second kappa shape index (κ2) is 8.66. The molecule has 136 valence electrons. The van der Waals surface area contributed by atoms with Crippen LogP contribution in [-0.2, 0) is 9.53 Å². The van der Waals surface area contributed by atoms with E-state index in [1.165, 1.54) is 7.11 Å².